The molecule has 1 aliphatic rings. The molecule has 2 N–H and O–H groups in total. The number of nitrogens with zero attached hydrogens (tertiary/aromatic N) is 2. The Kier molecular flexibility index (Phi) is 3.93. The molecule has 0 saturated carbocycles. The van der Waals surface area contributed by atoms with Crippen molar-refractivity contribution in [2.24, 2.45) is 11.7 Å². The molecule has 2 rings (SSSR count). The van der Waals surface area contributed by atoms with Crippen LogP contribution in [0.5, 0.6) is 0 Å². The van der Waals surface area contributed by atoms with Crippen molar-refractivity contribution >= 4 is 6.09 Å². The van der Waals surface area contributed by atoms with E-state index >= 15 is 0 Å². The molecule has 92 valence electrons. The molecule has 1 amide bonds. The highest BCUT2D eigenvalue weighted by Gasteiger charge is 2.26. The summed E-state index contributed by atoms with van der Waals surface area (Å²) in [4.78, 5) is 17.3. The fraction of sp³-hybridized carbons (Fsp3) is 0.500. The average Bonchev–Trinajstić information content (AvgIpc) is 2.35. The minimum Gasteiger partial charge on any atom is -0.449 e. The van der Waals surface area contributed by atoms with Gasteiger partial charge in [0.25, 0.3) is 0 Å². The van der Waals surface area contributed by atoms with Crippen molar-refractivity contribution in [1.29, 1.82) is 0 Å². The van der Waals surface area contributed by atoms with Gasteiger partial charge in [-0.15, -0.1) is 0 Å². The van der Waals surface area contributed by atoms with Crippen LogP contribution in [0.25, 0.3) is 0 Å². The quantitative estimate of drug-likeness (QED) is 0.845. The lowest BCUT2D eigenvalue weighted by Gasteiger charge is -2.32. The van der Waals surface area contributed by atoms with Crippen LogP contribution in [0.1, 0.15) is 12.0 Å². The Labute approximate surface area is 101 Å². The number of carbonyl (C=O) groups is 1. The number of hydrogen-bond acceptors (Lipinski definition) is 4. The highest BCUT2D eigenvalue weighted by atomic mass is 16.6. The molecular formula is C12H17N3O2. The predicted octanol–water partition coefficient (Wildman–Crippen LogP) is 0.999. The van der Waals surface area contributed by atoms with Crippen molar-refractivity contribution in [1.82, 2.24) is 9.88 Å². The maximum Gasteiger partial charge on any atom is 0.410 e. The topological polar surface area (TPSA) is 68.5 Å². The van der Waals surface area contributed by atoms with E-state index in [-0.39, 0.29) is 6.09 Å². The van der Waals surface area contributed by atoms with Gasteiger partial charge in [-0.05, 0) is 30.7 Å². The van der Waals surface area contributed by atoms with Crippen LogP contribution in [0.2, 0.25) is 0 Å². The minimum atomic E-state index is -0.241. The molecule has 1 saturated heterocycles. The van der Waals surface area contributed by atoms with E-state index in [2.05, 4.69) is 4.98 Å². The van der Waals surface area contributed by atoms with Crippen LogP contribution < -0.4 is 5.73 Å². The average molecular weight is 235 g/mol. The summed E-state index contributed by atoms with van der Waals surface area (Å²) in [6.45, 7) is 2.41. The fourth-order valence-electron chi connectivity index (χ4n) is 1.97. The number of hydrogen-bond donors (Lipinski definition) is 1. The summed E-state index contributed by atoms with van der Waals surface area (Å²) in [6.07, 6.45) is 4.10. The number of cyclic esters (lactones) is 1. The maximum atomic E-state index is 11.6. The van der Waals surface area contributed by atoms with Gasteiger partial charge in [-0.1, -0.05) is 0 Å². The Hall–Kier alpha value is -1.62. The first-order valence-corrected chi connectivity index (χ1v) is 5.80. The lowest BCUT2D eigenvalue weighted by atomic mass is 10.0. The summed E-state index contributed by atoms with van der Waals surface area (Å²) in [7, 11) is 0. The van der Waals surface area contributed by atoms with Crippen LogP contribution in [0.3, 0.4) is 0 Å². The van der Waals surface area contributed by atoms with Gasteiger partial charge in [-0.2, -0.15) is 0 Å². The molecule has 5 nitrogen and oxygen atoms in total. The normalized spacial score (nSPS) is 20.2. The van der Waals surface area contributed by atoms with E-state index in [9.17, 15) is 4.79 Å². The third-order valence-corrected chi connectivity index (χ3v) is 2.88. The van der Waals surface area contributed by atoms with Crippen molar-refractivity contribution in [2.75, 3.05) is 19.7 Å². The number of pyridine rings is 1. The summed E-state index contributed by atoms with van der Waals surface area (Å²) < 4.78 is 5.14. The Morgan fingerprint density at radius 2 is 2.24 bits per heavy atom. The van der Waals surface area contributed by atoms with Crippen molar-refractivity contribution in [3.8, 4) is 0 Å². The maximum absolute atomic E-state index is 11.6. The molecule has 1 atom stereocenters. The monoisotopic (exact) mass is 235 g/mol. The van der Waals surface area contributed by atoms with Gasteiger partial charge in [0.1, 0.15) is 0 Å². The Balaban J connectivity index is 1.96. The van der Waals surface area contributed by atoms with Crippen LogP contribution in [-0.2, 0) is 11.3 Å². The number of carbonyl (C=O) groups excluding carboxylic acids is 1. The predicted molar refractivity (Wildman–Crippen MR) is 63.2 cm³/mol. The van der Waals surface area contributed by atoms with Crippen molar-refractivity contribution in [3.63, 3.8) is 0 Å². The third-order valence-electron chi connectivity index (χ3n) is 2.88. The molecule has 1 aliphatic heterocycles. The zero-order chi connectivity index (χ0) is 12.1. The Bertz CT molecular complexity index is 369. The molecule has 0 radical (unpaired) electrons. The molecule has 0 aromatic carbocycles. The summed E-state index contributed by atoms with van der Waals surface area (Å²) >= 11 is 0. The second-order valence-corrected chi connectivity index (χ2v) is 4.26. The summed E-state index contributed by atoms with van der Waals surface area (Å²) in [6, 6.07) is 3.81. The van der Waals surface area contributed by atoms with Crippen molar-refractivity contribution in [2.45, 2.75) is 13.0 Å². The standard InChI is InChI=1S/C12H17N3O2/c13-4-1-11-8-15(12(16)17-9-11)7-10-2-5-14-6-3-10/h2-3,5-6,11H,1,4,7-9,13H2. The number of ether oxygens (including phenoxy) is 1. The smallest absolute Gasteiger partial charge is 0.410 e. The van der Waals surface area contributed by atoms with Gasteiger partial charge in [0, 0.05) is 31.4 Å². The van der Waals surface area contributed by atoms with Gasteiger partial charge >= 0.3 is 6.09 Å². The lowest BCUT2D eigenvalue weighted by Crippen LogP contribution is -2.43. The van der Waals surface area contributed by atoms with E-state index in [1.165, 1.54) is 0 Å². The zero-order valence-electron chi connectivity index (χ0n) is 9.71. The Morgan fingerprint density at radius 3 is 2.94 bits per heavy atom. The molecule has 1 aromatic rings. The largest absolute Gasteiger partial charge is 0.449 e. The molecule has 1 fully saturated rings. The zero-order valence-corrected chi connectivity index (χ0v) is 9.71. The van der Waals surface area contributed by atoms with Gasteiger partial charge in [0.05, 0.1) is 6.61 Å². The molecular weight excluding hydrogens is 218 g/mol. The van der Waals surface area contributed by atoms with E-state index in [4.69, 9.17) is 10.5 Å². The van der Waals surface area contributed by atoms with Gasteiger partial charge in [0.15, 0.2) is 0 Å². The summed E-state index contributed by atoms with van der Waals surface area (Å²) in [5.41, 5.74) is 6.59. The first kappa shape index (κ1) is 11.9. The van der Waals surface area contributed by atoms with Crippen LogP contribution in [0.4, 0.5) is 4.79 Å². The molecule has 0 spiro atoms. The number of rotatable bonds is 4. The molecule has 2 heterocycles. The second kappa shape index (κ2) is 5.63. The summed E-state index contributed by atoms with van der Waals surface area (Å²) in [5, 5.41) is 0. The van der Waals surface area contributed by atoms with Crippen LogP contribution >= 0.6 is 0 Å². The van der Waals surface area contributed by atoms with Gasteiger partial charge in [-0.25, -0.2) is 4.79 Å². The van der Waals surface area contributed by atoms with E-state index < -0.39 is 0 Å². The van der Waals surface area contributed by atoms with Crippen molar-refractivity contribution in [3.05, 3.63) is 30.1 Å². The SMILES string of the molecule is NCCC1COC(=O)N(Cc2ccncc2)C1. The van der Waals surface area contributed by atoms with Gasteiger partial charge < -0.3 is 15.4 Å². The highest BCUT2D eigenvalue weighted by molar-refractivity contribution is 5.68. The van der Waals surface area contributed by atoms with E-state index in [1.807, 2.05) is 12.1 Å². The molecule has 1 unspecified atom stereocenters. The minimum absolute atomic E-state index is 0.241. The van der Waals surface area contributed by atoms with E-state index in [1.54, 1.807) is 17.3 Å². The lowest BCUT2D eigenvalue weighted by molar-refractivity contribution is 0.0384. The first-order valence-electron chi connectivity index (χ1n) is 5.80. The Morgan fingerprint density at radius 1 is 1.47 bits per heavy atom. The number of amides is 1. The molecule has 1 aromatic heterocycles. The summed E-state index contributed by atoms with van der Waals surface area (Å²) in [5.74, 6) is 0.347. The first-order chi connectivity index (χ1) is 8.29. The van der Waals surface area contributed by atoms with E-state index in [0.29, 0.717) is 25.6 Å². The second-order valence-electron chi connectivity index (χ2n) is 4.26. The molecule has 0 aliphatic carbocycles. The molecule has 5 heteroatoms. The van der Waals surface area contributed by atoms with Crippen LogP contribution in [0, 0.1) is 5.92 Å². The third kappa shape index (κ3) is 3.17. The number of aromatic nitrogens is 1. The highest BCUT2D eigenvalue weighted by Crippen LogP contribution is 2.16. The van der Waals surface area contributed by atoms with Crippen molar-refractivity contribution < 1.29 is 9.53 Å². The number of nitrogens with two attached hydrogens (primary N) is 1. The van der Waals surface area contributed by atoms with Crippen LogP contribution in [0.15, 0.2) is 24.5 Å². The fourth-order valence-corrected chi connectivity index (χ4v) is 1.97. The van der Waals surface area contributed by atoms with Crippen LogP contribution in [-0.4, -0.2) is 35.7 Å². The molecule has 17 heavy (non-hydrogen) atoms. The van der Waals surface area contributed by atoms with Gasteiger partial charge in [-0.3, -0.25) is 4.98 Å². The molecule has 0 bridgehead atoms. The van der Waals surface area contributed by atoms with E-state index in [0.717, 1.165) is 18.5 Å². The van der Waals surface area contributed by atoms with Gasteiger partial charge in [0.2, 0.25) is 0 Å².